The summed E-state index contributed by atoms with van der Waals surface area (Å²) in [5.74, 6) is 1.58. The summed E-state index contributed by atoms with van der Waals surface area (Å²) in [4.78, 5) is 31.8. The molecule has 0 bridgehead atoms. The first-order valence-electron chi connectivity index (χ1n) is 9.40. The summed E-state index contributed by atoms with van der Waals surface area (Å²) in [7, 11) is 5.15. The van der Waals surface area contributed by atoms with E-state index < -0.39 is 0 Å². The number of hydrogen-bond donors (Lipinski definition) is 2. The Hall–Kier alpha value is -2.70. The molecule has 1 aliphatic heterocycles. The molecule has 0 spiro atoms. The first-order chi connectivity index (χ1) is 13.0. The lowest BCUT2D eigenvalue weighted by Crippen LogP contribution is -2.43. The quantitative estimate of drug-likeness (QED) is 0.867. The molecule has 2 aromatic rings. The summed E-state index contributed by atoms with van der Waals surface area (Å²) >= 11 is 0. The Labute approximate surface area is 158 Å². The number of urea groups is 1. The smallest absolute Gasteiger partial charge is 0.319 e. The molecule has 0 unspecified atom stereocenters. The monoisotopic (exact) mass is 370 g/mol. The Morgan fingerprint density at radius 3 is 2.67 bits per heavy atom. The second-order valence-electron chi connectivity index (χ2n) is 7.80. The second-order valence-corrected chi connectivity index (χ2v) is 7.80. The van der Waals surface area contributed by atoms with Crippen molar-refractivity contribution in [3.63, 3.8) is 0 Å². The lowest BCUT2D eigenvalue weighted by molar-refractivity contribution is 0.0923. The molecule has 2 aliphatic rings. The van der Waals surface area contributed by atoms with E-state index in [1.807, 2.05) is 29.2 Å². The van der Waals surface area contributed by atoms with Crippen molar-refractivity contribution in [2.45, 2.75) is 18.9 Å². The molecule has 0 radical (unpaired) electrons. The van der Waals surface area contributed by atoms with Crippen LogP contribution < -0.4 is 10.1 Å². The minimum absolute atomic E-state index is 0.00477. The molecule has 2 N–H and O–H groups in total. The summed E-state index contributed by atoms with van der Waals surface area (Å²) in [6.07, 6.45) is 2.38. The van der Waals surface area contributed by atoms with Gasteiger partial charge in [0.05, 0.1) is 13.2 Å². The van der Waals surface area contributed by atoms with E-state index in [1.54, 1.807) is 26.1 Å². The normalized spacial score (nSPS) is 22.1. The van der Waals surface area contributed by atoms with Gasteiger partial charge >= 0.3 is 6.03 Å². The molecule has 1 aliphatic carbocycles. The van der Waals surface area contributed by atoms with E-state index in [4.69, 9.17) is 4.74 Å². The van der Waals surface area contributed by atoms with Crippen molar-refractivity contribution < 1.29 is 14.3 Å². The summed E-state index contributed by atoms with van der Waals surface area (Å²) in [6, 6.07) is 7.53. The zero-order chi connectivity index (χ0) is 19.1. The molecule has 1 aromatic heterocycles. The van der Waals surface area contributed by atoms with Gasteiger partial charge in [-0.2, -0.15) is 0 Å². The predicted molar refractivity (Wildman–Crippen MR) is 103 cm³/mol. The molecule has 144 valence electrons. The molecule has 7 nitrogen and oxygen atoms in total. The first kappa shape index (κ1) is 17.7. The van der Waals surface area contributed by atoms with Crippen LogP contribution in [0, 0.1) is 11.8 Å². The van der Waals surface area contributed by atoms with Crippen LogP contribution in [0.3, 0.4) is 0 Å². The van der Waals surface area contributed by atoms with Gasteiger partial charge in [-0.15, -0.1) is 0 Å². The van der Waals surface area contributed by atoms with Crippen LogP contribution in [0.15, 0.2) is 24.3 Å². The van der Waals surface area contributed by atoms with E-state index in [0.29, 0.717) is 24.1 Å². The standard InChI is InChI=1S/C20H26N4O3/c1-23(2)20(26)24-10-15(12-4-5-12)18(11-24)22-19(25)17-9-13-8-14(27-3)6-7-16(13)21-17/h6-9,12,15,18,21H,4-5,10-11H2,1-3H3,(H,22,25)/t15-,18+/m0/s1. The van der Waals surface area contributed by atoms with E-state index in [9.17, 15) is 9.59 Å². The maximum atomic E-state index is 12.8. The third kappa shape index (κ3) is 3.46. The summed E-state index contributed by atoms with van der Waals surface area (Å²) < 4.78 is 5.24. The van der Waals surface area contributed by atoms with E-state index in [-0.39, 0.29) is 18.0 Å². The van der Waals surface area contributed by atoms with Gasteiger partial charge < -0.3 is 24.8 Å². The van der Waals surface area contributed by atoms with E-state index in [0.717, 1.165) is 23.2 Å². The van der Waals surface area contributed by atoms with Crippen molar-refractivity contribution in [3.8, 4) is 5.75 Å². The molecule has 7 heteroatoms. The van der Waals surface area contributed by atoms with Gasteiger partial charge in [-0.05, 0) is 43.0 Å². The maximum Gasteiger partial charge on any atom is 0.319 e. The highest BCUT2D eigenvalue weighted by atomic mass is 16.5. The topological polar surface area (TPSA) is 77.7 Å². The van der Waals surface area contributed by atoms with E-state index >= 15 is 0 Å². The minimum atomic E-state index is -0.125. The average molecular weight is 370 g/mol. The number of likely N-dealkylation sites (tertiary alicyclic amines) is 1. The minimum Gasteiger partial charge on any atom is -0.497 e. The van der Waals surface area contributed by atoms with Crippen LogP contribution in [0.5, 0.6) is 5.75 Å². The average Bonchev–Trinajstić information content (AvgIpc) is 3.27. The Morgan fingerprint density at radius 2 is 2.00 bits per heavy atom. The van der Waals surface area contributed by atoms with Crippen LogP contribution in [0.2, 0.25) is 0 Å². The lowest BCUT2D eigenvalue weighted by atomic mass is 9.98. The van der Waals surface area contributed by atoms with Crippen molar-refractivity contribution in [1.82, 2.24) is 20.1 Å². The van der Waals surface area contributed by atoms with Gasteiger partial charge in [0.25, 0.3) is 5.91 Å². The van der Waals surface area contributed by atoms with Gasteiger partial charge in [-0.25, -0.2) is 4.79 Å². The highest BCUT2D eigenvalue weighted by Crippen LogP contribution is 2.41. The second kappa shape index (κ2) is 6.79. The van der Waals surface area contributed by atoms with Crippen LogP contribution >= 0.6 is 0 Å². The molecule has 1 saturated heterocycles. The van der Waals surface area contributed by atoms with Crippen molar-refractivity contribution in [2.75, 3.05) is 34.3 Å². The Bertz CT molecular complexity index is 871. The number of nitrogens with one attached hydrogen (secondary N) is 2. The van der Waals surface area contributed by atoms with Crippen molar-refractivity contribution in [3.05, 3.63) is 30.0 Å². The van der Waals surface area contributed by atoms with Gasteiger partial charge in [0.15, 0.2) is 0 Å². The zero-order valence-electron chi connectivity index (χ0n) is 16.0. The number of rotatable bonds is 4. The maximum absolute atomic E-state index is 12.8. The Morgan fingerprint density at radius 1 is 1.22 bits per heavy atom. The van der Waals surface area contributed by atoms with E-state index in [2.05, 4.69) is 10.3 Å². The van der Waals surface area contributed by atoms with Crippen LogP contribution in [-0.4, -0.2) is 67.1 Å². The number of carbonyl (C=O) groups is 2. The van der Waals surface area contributed by atoms with Crippen molar-refractivity contribution >= 4 is 22.8 Å². The highest BCUT2D eigenvalue weighted by Gasteiger charge is 2.44. The number of fused-ring (bicyclic) bond motifs is 1. The molecule has 2 heterocycles. The lowest BCUT2D eigenvalue weighted by Gasteiger charge is -2.21. The third-order valence-electron chi connectivity index (χ3n) is 5.63. The number of benzene rings is 1. The summed E-state index contributed by atoms with van der Waals surface area (Å²) in [6.45, 7) is 1.29. The number of aromatic amines is 1. The summed E-state index contributed by atoms with van der Waals surface area (Å²) in [5.41, 5.74) is 1.43. The molecular formula is C20H26N4O3. The number of nitrogens with zero attached hydrogens (tertiary/aromatic N) is 2. The van der Waals surface area contributed by atoms with Crippen LogP contribution in [0.25, 0.3) is 10.9 Å². The van der Waals surface area contributed by atoms with Crippen molar-refractivity contribution in [2.24, 2.45) is 11.8 Å². The molecule has 4 rings (SSSR count). The van der Waals surface area contributed by atoms with Gasteiger partial charge in [0.2, 0.25) is 0 Å². The van der Waals surface area contributed by atoms with Gasteiger partial charge in [-0.1, -0.05) is 0 Å². The first-order valence-corrected chi connectivity index (χ1v) is 9.40. The van der Waals surface area contributed by atoms with Crippen LogP contribution in [0.1, 0.15) is 23.3 Å². The van der Waals surface area contributed by atoms with Crippen molar-refractivity contribution in [1.29, 1.82) is 0 Å². The molecule has 1 saturated carbocycles. The van der Waals surface area contributed by atoms with Crippen LogP contribution in [-0.2, 0) is 0 Å². The Balaban J connectivity index is 1.50. The number of H-pyrrole nitrogens is 1. The van der Waals surface area contributed by atoms with E-state index in [1.165, 1.54) is 12.8 Å². The zero-order valence-corrected chi connectivity index (χ0v) is 16.0. The van der Waals surface area contributed by atoms with Crippen LogP contribution in [0.4, 0.5) is 4.79 Å². The fourth-order valence-corrected chi connectivity index (χ4v) is 4.03. The number of methoxy groups -OCH3 is 1. The molecule has 3 amide bonds. The molecule has 2 atom stereocenters. The van der Waals surface area contributed by atoms with Gasteiger partial charge in [0, 0.05) is 44.0 Å². The molecule has 2 fully saturated rings. The highest BCUT2D eigenvalue weighted by molar-refractivity contribution is 5.98. The molecular weight excluding hydrogens is 344 g/mol. The fraction of sp³-hybridized carbons (Fsp3) is 0.500. The fourth-order valence-electron chi connectivity index (χ4n) is 4.03. The third-order valence-corrected chi connectivity index (χ3v) is 5.63. The Kier molecular flexibility index (Phi) is 4.45. The number of amides is 3. The molecule has 27 heavy (non-hydrogen) atoms. The molecule has 1 aromatic carbocycles. The number of aromatic nitrogens is 1. The predicted octanol–water partition coefficient (Wildman–Crippen LogP) is 2.30. The number of hydrogen-bond acceptors (Lipinski definition) is 3. The van der Waals surface area contributed by atoms with Gasteiger partial charge in [-0.3, -0.25) is 4.79 Å². The van der Waals surface area contributed by atoms with Gasteiger partial charge in [0.1, 0.15) is 11.4 Å². The number of ether oxygens (including phenoxy) is 1. The largest absolute Gasteiger partial charge is 0.497 e. The summed E-state index contributed by atoms with van der Waals surface area (Å²) in [5, 5.41) is 4.11. The number of carbonyl (C=O) groups excluding carboxylic acids is 2. The SMILES string of the molecule is COc1ccc2[nH]c(C(=O)N[C@@H]3CN(C(=O)N(C)C)C[C@H]3C3CC3)cc2c1.